The zero-order valence-electron chi connectivity index (χ0n) is 59.2. The van der Waals surface area contributed by atoms with Gasteiger partial charge >= 0.3 is 0 Å². The van der Waals surface area contributed by atoms with E-state index in [1.807, 2.05) is 0 Å². The number of nitrogens with zero attached hydrogens (tertiary/aromatic N) is 3. The van der Waals surface area contributed by atoms with Crippen molar-refractivity contribution in [2.45, 2.75) is 16.2 Å². The highest BCUT2D eigenvalue weighted by Gasteiger charge is 2.58. The summed E-state index contributed by atoms with van der Waals surface area (Å²) in [6, 6.07) is 146. The van der Waals surface area contributed by atoms with Crippen molar-refractivity contribution in [2.75, 3.05) is 9.80 Å². The molecule has 2 aliphatic heterocycles. The number of benzene rings is 17. The smallest absolute Gasteiger partial charge is 0.252 e. The predicted octanol–water partition coefficient (Wildman–Crippen LogP) is 23.6. The molecule has 17 aromatic carbocycles. The molecule has 0 saturated heterocycles. The maximum absolute atomic E-state index is 2.79. The summed E-state index contributed by atoms with van der Waals surface area (Å²) in [6.07, 6.45) is 0. The average molecular weight is 1380 g/mol. The van der Waals surface area contributed by atoms with Crippen LogP contribution in [-0.2, 0) is 16.2 Å². The molecule has 4 heteroatoms. The first kappa shape index (κ1) is 58.5. The second-order valence-corrected chi connectivity index (χ2v) is 31.1. The van der Waals surface area contributed by atoms with Gasteiger partial charge in [-0.1, -0.05) is 322 Å². The summed E-state index contributed by atoms with van der Waals surface area (Å²) in [6.45, 7) is -0.281. The first-order chi connectivity index (χ1) is 54.1. The Morgan fingerprint density at radius 1 is 0.202 bits per heavy atom. The molecule has 0 N–H and O–H groups in total. The number of aromatic nitrogens is 1. The Bertz CT molecular complexity index is 6960. The van der Waals surface area contributed by atoms with Gasteiger partial charge in [0.1, 0.15) is 0 Å². The molecule has 500 valence electrons. The third-order valence-electron chi connectivity index (χ3n) is 26.6. The van der Waals surface area contributed by atoms with Crippen molar-refractivity contribution in [1.29, 1.82) is 0 Å². The lowest BCUT2D eigenvalue weighted by molar-refractivity contribution is 0.793. The number of hydrogen-bond acceptors (Lipinski definition) is 2. The van der Waals surface area contributed by atoms with Crippen molar-refractivity contribution in [3.8, 4) is 83.6 Å². The van der Waals surface area contributed by atoms with Crippen molar-refractivity contribution in [3.05, 3.63) is 443 Å². The van der Waals surface area contributed by atoms with Gasteiger partial charge in [0, 0.05) is 44.8 Å². The minimum atomic E-state index is -0.636. The quantitative estimate of drug-likeness (QED) is 0.163. The summed E-state index contributed by atoms with van der Waals surface area (Å²) >= 11 is 0. The molecule has 3 spiro atoms. The molecule has 18 aromatic rings. The molecule has 0 unspecified atom stereocenters. The summed E-state index contributed by atoms with van der Waals surface area (Å²) in [7, 11) is 0. The first-order valence-electron chi connectivity index (χ1n) is 38.4. The van der Waals surface area contributed by atoms with E-state index >= 15 is 0 Å². The van der Waals surface area contributed by atoms with Gasteiger partial charge in [0.05, 0.1) is 38.7 Å². The van der Waals surface area contributed by atoms with Gasteiger partial charge in [-0.3, -0.25) is 0 Å². The van der Waals surface area contributed by atoms with Crippen LogP contribution in [0.4, 0.5) is 34.1 Å². The monoisotopic (exact) mass is 1380 g/mol. The Morgan fingerprint density at radius 2 is 0.532 bits per heavy atom. The van der Waals surface area contributed by atoms with Gasteiger partial charge in [0.25, 0.3) is 6.71 Å². The minimum Gasteiger partial charge on any atom is -0.311 e. The zero-order chi connectivity index (χ0) is 70.7. The summed E-state index contributed by atoms with van der Waals surface area (Å²) in [5.41, 5.74) is 45.8. The van der Waals surface area contributed by atoms with Crippen LogP contribution < -0.4 is 26.2 Å². The number of para-hydroxylation sites is 2. The lowest BCUT2D eigenvalue weighted by atomic mass is 9.33. The highest BCUT2D eigenvalue weighted by atomic mass is 15.2. The molecule has 0 saturated carbocycles. The molecule has 3 heterocycles. The van der Waals surface area contributed by atoms with Crippen molar-refractivity contribution in [2.24, 2.45) is 0 Å². The second-order valence-electron chi connectivity index (χ2n) is 31.1. The van der Waals surface area contributed by atoms with Gasteiger partial charge in [-0.2, -0.15) is 0 Å². The average Bonchev–Trinajstić information content (AvgIpc) is 1.49. The van der Waals surface area contributed by atoms with E-state index in [4.69, 9.17) is 0 Å². The number of hydrogen-bond donors (Lipinski definition) is 0. The van der Waals surface area contributed by atoms with E-state index in [0.29, 0.717) is 0 Å². The standard InChI is InChI=1S/C105H62BN3/c1-2-27-63(28-3-1)64-53-55-65(56-54-64)107-97-61-90-78(73-35-10-21-46-86(73)104(90)82-42-17-6-31-69(82)70-32-7-18-43-83(70)104)59-92(97)106-93-60-79-74-36-11-22-47-87(74)105(84-44-19-8-33-71(84)72-34-9-20-45-85(72)105)91(79)62-98(93)109(100-58-66(57-99(107)102(100)106)108-94-50-24-13-37-75(94)76-38-14-25-51-95(76)108)96-52-26-49-89-101(96)77-39-12-23-48-88(77)103(89)80-40-15-4-29-67(80)68-30-5-16-41-81(68)103/h1-62H. The molecule has 0 radical (unpaired) electrons. The number of anilines is 6. The van der Waals surface area contributed by atoms with Gasteiger partial charge in [-0.25, -0.2) is 0 Å². The van der Waals surface area contributed by atoms with Crippen LogP contribution >= 0.6 is 0 Å². The van der Waals surface area contributed by atoms with E-state index in [1.165, 1.54) is 183 Å². The molecule has 3 nitrogen and oxygen atoms in total. The molecule has 1 aromatic heterocycles. The SMILES string of the molecule is c1ccc(-c2ccc(N3c4cc5c(cc4B4c6cc7c(cc6N(c6cccc8c6-c6ccccc6C86c8ccccc8-c8ccccc86)c6cc(-n8c9ccccc9c9ccccc98)cc3c64)C3(c4ccccc4-c4ccccc43)c3ccccc3-7)-c3ccccc3C53c4ccccc4-c4ccccc43)cc2)cc1. The lowest BCUT2D eigenvalue weighted by Gasteiger charge is -2.46. The fraction of sp³-hybridized carbons (Fsp3) is 0.0286. The van der Waals surface area contributed by atoms with E-state index < -0.39 is 16.2 Å². The fourth-order valence-corrected chi connectivity index (χ4v) is 22.8. The van der Waals surface area contributed by atoms with Gasteiger partial charge in [-0.15, -0.1) is 0 Å². The van der Waals surface area contributed by atoms with Crippen molar-refractivity contribution < 1.29 is 0 Å². The fourth-order valence-electron chi connectivity index (χ4n) is 22.8. The van der Waals surface area contributed by atoms with Crippen LogP contribution in [-0.4, -0.2) is 11.3 Å². The van der Waals surface area contributed by atoms with Crippen LogP contribution in [0, 0.1) is 0 Å². The van der Waals surface area contributed by atoms with Gasteiger partial charge < -0.3 is 14.4 Å². The summed E-state index contributed by atoms with van der Waals surface area (Å²) in [5.74, 6) is 0. The third kappa shape index (κ3) is 6.96. The van der Waals surface area contributed by atoms with Crippen LogP contribution in [0.15, 0.2) is 376 Å². The molecule has 0 atom stereocenters. The normalized spacial score (nSPS) is 15.0. The molecule has 0 amide bonds. The predicted molar refractivity (Wildman–Crippen MR) is 449 cm³/mol. The Morgan fingerprint density at radius 3 is 0.972 bits per heavy atom. The molecule has 26 rings (SSSR count). The van der Waals surface area contributed by atoms with E-state index in [1.54, 1.807) is 0 Å². The Kier molecular flexibility index (Phi) is 11.2. The third-order valence-corrected chi connectivity index (χ3v) is 26.6. The van der Waals surface area contributed by atoms with Gasteiger partial charge in [-0.05, 0) is 210 Å². The summed E-state index contributed by atoms with van der Waals surface area (Å²) < 4.78 is 2.57. The topological polar surface area (TPSA) is 11.4 Å². The Balaban J connectivity index is 0.849. The molecule has 109 heavy (non-hydrogen) atoms. The molecule has 0 bridgehead atoms. The highest BCUT2D eigenvalue weighted by molar-refractivity contribution is 7.00. The number of rotatable bonds is 4. The molecule has 8 aliphatic rings. The van der Waals surface area contributed by atoms with Crippen LogP contribution in [0.1, 0.15) is 66.8 Å². The largest absolute Gasteiger partial charge is 0.311 e. The van der Waals surface area contributed by atoms with Crippen molar-refractivity contribution in [3.63, 3.8) is 0 Å². The molecule has 0 fully saturated rings. The van der Waals surface area contributed by atoms with Gasteiger partial charge in [0.2, 0.25) is 0 Å². The molecule has 6 aliphatic carbocycles. The van der Waals surface area contributed by atoms with Crippen molar-refractivity contribution >= 4 is 79.0 Å². The summed E-state index contributed by atoms with van der Waals surface area (Å²) in [4.78, 5) is 5.48. The minimum absolute atomic E-state index is 0.281. The Labute approximate surface area is 631 Å². The summed E-state index contributed by atoms with van der Waals surface area (Å²) in [5, 5.41) is 2.44. The maximum atomic E-state index is 2.79. The Hall–Kier alpha value is -13.8. The van der Waals surface area contributed by atoms with Crippen LogP contribution in [0.2, 0.25) is 0 Å². The van der Waals surface area contributed by atoms with E-state index in [-0.39, 0.29) is 6.71 Å². The highest BCUT2D eigenvalue weighted by Crippen LogP contribution is 2.69. The number of fused-ring (bicyclic) bond motifs is 37. The van der Waals surface area contributed by atoms with Crippen molar-refractivity contribution in [1.82, 2.24) is 4.57 Å². The van der Waals surface area contributed by atoms with E-state index in [0.717, 1.165) is 39.5 Å². The lowest BCUT2D eigenvalue weighted by Crippen LogP contribution is -2.61. The molecular weight excluding hydrogens is 1310 g/mol. The van der Waals surface area contributed by atoms with Crippen LogP contribution in [0.25, 0.3) is 105 Å². The van der Waals surface area contributed by atoms with E-state index in [2.05, 4.69) is 390 Å². The van der Waals surface area contributed by atoms with E-state index in [9.17, 15) is 0 Å². The zero-order valence-corrected chi connectivity index (χ0v) is 59.2. The first-order valence-corrected chi connectivity index (χ1v) is 38.4. The molecular formula is C105H62BN3. The maximum Gasteiger partial charge on any atom is 0.252 e. The van der Waals surface area contributed by atoms with Gasteiger partial charge in [0.15, 0.2) is 0 Å². The van der Waals surface area contributed by atoms with Crippen LogP contribution in [0.3, 0.4) is 0 Å². The van der Waals surface area contributed by atoms with Crippen LogP contribution in [0.5, 0.6) is 0 Å². The second kappa shape index (κ2) is 20.8.